The van der Waals surface area contributed by atoms with Gasteiger partial charge < -0.3 is 9.80 Å². The van der Waals surface area contributed by atoms with Crippen molar-refractivity contribution in [3.05, 3.63) is 11.6 Å². The molecule has 1 aliphatic carbocycles. The first kappa shape index (κ1) is 15.1. The maximum atomic E-state index is 2.82. The second kappa shape index (κ2) is 7.44. The van der Waals surface area contributed by atoms with Crippen LogP contribution in [0.1, 0.15) is 51.9 Å². The van der Waals surface area contributed by atoms with Crippen molar-refractivity contribution in [1.82, 2.24) is 9.80 Å². The fraction of sp³-hybridized carbons (Fsp3) is 0.882. The minimum atomic E-state index is 0.849. The van der Waals surface area contributed by atoms with E-state index in [0.29, 0.717) is 0 Å². The molecule has 0 radical (unpaired) electrons. The molecule has 2 nitrogen and oxygen atoms in total. The number of nitrogens with zero attached hydrogens (tertiary/aromatic N) is 2. The predicted octanol–water partition coefficient (Wildman–Crippen LogP) is 3.54. The van der Waals surface area contributed by atoms with Gasteiger partial charge in [-0.15, -0.1) is 0 Å². The predicted molar refractivity (Wildman–Crippen MR) is 83.5 cm³/mol. The van der Waals surface area contributed by atoms with Crippen LogP contribution in [0.25, 0.3) is 0 Å². The fourth-order valence-corrected chi connectivity index (χ4v) is 3.73. The monoisotopic (exact) mass is 264 g/mol. The number of rotatable bonds is 5. The molecule has 2 aliphatic rings. The Bertz CT molecular complexity index is 296. The summed E-state index contributed by atoms with van der Waals surface area (Å²) in [5.41, 5.74) is 1.62. The normalized spacial score (nSPS) is 29.6. The van der Waals surface area contributed by atoms with E-state index in [-0.39, 0.29) is 0 Å². The largest absolute Gasteiger partial charge is 0.309 e. The maximum Gasteiger partial charge on any atom is 0.0108 e. The second-order valence-electron chi connectivity index (χ2n) is 6.93. The maximum absolute atomic E-state index is 2.82. The Labute approximate surface area is 119 Å². The van der Waals surface area contributed by atoms with Gasteiger partial charge in [-0.1, -0.05) is 18.1 Å². The smallest absolute Gasteiger partial charge is 0.0108 e. The quantitative estimate of drug-likeness (QED) is 0.701. The molecule has 1 aliphatic heterocycles. The molecule has 1 saturated heterocycles. The molecule has 1 fully saturated rings. The van der Waals surface area contributed by atoms with Crippen LogP contribution in [0.3, 0.4) is 0 Å². The first-order valence-corrected chi connectivity index (χ1v) is 8.19. The highest BCUT2D eigenvalue weighted by atomic mass is 15.2. The number of hydrogen-bond donors (Lipinski definition) is 0. The number of likely N-dealkylation sites (tertiary alicyclic amines) is 1. The summed E-state index contributed by atoms with van der Waals surface area (Å²) < 4.78 is 0. The van der Waals surface area contributed by atoms with Crippen molar-refractivity contribution in [2.24, 2.45) is 5.92 Å². The van der Waals surface area contributed by atoms with E-state index in [9.17, 15) is 0 Å². The molecule has 0 N–H and O–H groups in total. The van der Waals surface area contributed by atoms with Crippen molar-refractivity contribution in [2.45, 2.75) is 57.9 Å². The second-order valence-corrected chi connectivity index (χ2v) is 6.93. The number of allylic oxidation sites excluding steroid dienone is 2. The lowest BCUT2D eigenvalue weighted by Crippen LogP contribution is -2.43. The van der Waals surface area contributed by atoms with Gasteiger partial charge in [0.2, 0.25) is 0 Å². The zero-order valence-corrected chi connectivity index (χ0v) is 13.2. The molecule has 2 unspecified atom stereocenters. The van der Waals surface area contributed by atoms with E-state index < -0.39 is 0 Å². The van der Waals surface area contributed by atoms with Crippen molar-refractivity contribution in [2.75, 3.05) is 33.7 Å². The Morgan fingerprint density at radius 3 is 2.84 bits per heavy atom. The summed E-state index contributed by atoms with van der Waals surface area (Å²) in [5, 5.41) is 0. The summed E-state index contributed by atoms with van der Waals surface area (Å²) in [6, 6.07) is 0.849. The van der Waals surface area contributed by atoms with Gasteiger partial charge in [0.1, 0.15) is 0 Å². The summed E-state index contributed by atoms with van der Waals surface area (Å²) in [7, 11) is 4.39. The SMILES string of the molecule is CC1=CCCC(CN2CCCCC2CCN(C)C)C1. The van der Waals surface area contributed by atoms with Gasteiger partial charge in [-0.3, -0.25) is 0 Å². The Morgan fingerprint density at radius 1 is 1.26 bits per heavy atom. The Morgan fingerprint density at radius 2 is 2.11 bits per heavy atom. The lowest BCUT2D eigenvalue weighted by molar-refractivity contribution is 0.108. The lowest BCUT2D eigenvalue weighted by atomic mass is 9.87. The Kier molecular flexibility index (Phi) is 5.90. The first-order chi connectivity index (χ1) is 9.15. The van der Waals surface area contributed by atoms with Gasteiger partial charge in [-0.2, -0.15) is 0 Å². The topological polar surface area (TPSA) is 6.48 Å². The van der Waals surface area contributed by atoms with Crippen LogP contribution in [-0.4, -0.2) is 49.6 Å². The van der Waals surface area contributed by atoms with E-state index in [1.165, 1.54) is 64.6 Å². The summed E-state index contributed by atoms with van der Waals surface area (Å²) in [6.45, 7) is 6.25. The highest BCUT2D eigenvalue weighted by molar-refractivity contribution is 5.03. The van der Waals surface area contributed by atoms with Gasteiger partial charge in [-0.05, 0) is 78.6 Å². The number of piperidine rings is 1. The molecule has 19 heavy (non-hydrogen) atoms. The molecule has 2 atom stereocenters. The van der Waals surface area contributed by atoms with Crippen LogP contribution in [-0.2, 0) is 0 Å². The average molecular weight is 264 g/mol. The average Bonchev–Trinajstić information content (AvgIpc) is 2.38. The van der Waals surface area contributed by atoms with E-state index in [0.717, 1.165) is 12.0 Å². The van der Waals surface area contributed by atoms with Crippen LogP contribution >= 0.6 is 0 Å². The minimum Gasteiger partial charge on any atom is -0.309 e. The molecule has 0 saturated carbocycles. The van der Waals surface area contributed by atoms with E-state index in [4.69, 9.17) is 0 Å². The number of hydrogen-bond acceptors (Lipinski definition) is 2. The van der Waals surface area contributed by atoms with E-state index in [1.807, 2.05) is 0 Å². The zero-order chi connectivity index (χ0) is 13.7. The lowest BCUT2D eigenvalue weighted by Gasteiger charge is -2.39. The van der Waals surface area contributed by atoms with Crippen molar-refractivity contribution < 1.29 is 0 Å². The third kappa shape index (κ3) is 4.92. The van der Waals surface area contributed by atoms with E-state index >= 15 is 0 Å². The summed E-state index contributed by atoms with van der Waals surface area (Å²) in [6.07, 6.45) is 12.1. The summed E-state index contributed by atoms with van der Waals surface area (Å²) >= 11 is 0. The molecular weight excluding hydrogens is 232 g/mol. The molecular formula is C17H32N2. The molecule has 0 aromatic heterocycles. The van der Waals surface area contributed by atoms with Gasteiger partial charge in [0.15, 0.2) is 0 Å². The van der Waals surface area contributed by atoms with Crippen LogP contribution in [0.4, 0.5) is 0 Å². The molecule has 0 spiro atoms. The minimum absolute atomic E-state index is 0.849. The van der Waals surface area contributed by atoms with E-state index in [2.05, 4.69) is 36.9 Å². The van der Waals surface area contributed by atoms with Gasteiger partial charge >= 0.3 is 0 Å². The highest BCUT2D eigenvalue weighted by Crippen LogP contribution is 2.28. The molecule has 2 heteroatoms. The van der Waals surface area contributed by atoms with Crippen molar-refractivity contribution in [3.63, 3.8) is 0 Å². The molecule has 0 aromatic rings. The van der Waals surface area contributed by atoms with Gasteiger partial charge in [0, 0.05) is 12.6 Å². The fourth-order valence-electron chi connectivity index (χ4n) is 3.73. The summed E-state index contributed by atoms with van der Waals surface area (Å²) in [5.74, 6) is 0.921. The van der Waals surface area contributed by atoms with E-state index in [1.54, 1.807) is 5.57 Å². The standard InChI is InChI=1S/C17H32N2/c1-15-7-6-8-16(13-15)14-19-11-5-4-9-17(19)10-12-18(2)3/h7,16-17H,4-6,8-14H2,1-3H3. The molecule has 2 rings (SSSR count). The van der Waals surface area contributed by atoms with Gasteiger partial charge in [0.05, 0.1) is 0 Å². The van der Waals surface area contributed by atoms with Crippen LogP contribution in [0, 0.1) is 5.92 Å². The van der Waals surface area contributed by atoms with Crippen LogP contribution in [0.5, 0.6) is 0 Å². The molecule has 0 aromatic carbocycles. The molecule has 0 amide bonds. The summed E-state index contributed by atoms with van der Waals surface area (Å²) in [4.78, 5) is 5.15. The van der Waals surface area contributed by atoms with Gasteiger partial charge in [-0.25, -0.2) is 0 Å². The van der Waals surface area contributed by atoms with Crippen LogP contribution < -0.4 is 0 Å². The first-order valence-electron chi connectivity index (χ1n) is 8.19. The van der Waals surface area contributed by atoms with Crippen LogP contribution in [0.2, 0.25) is 0 Å². The third-order valence-corrected chi connectivity index (χ3v) is 4.83. The third-order valence-electron chi connectivity index (χ3n) is 4.83. The zero-order valence-electron chi connectivity index (χ0n) is 13.2. The molecule has 0 bridgehead atoms. The Balaban J connectivity index is 1.83. The Hall–Kier alpha value is -0.340. The highest BCUT2D eigenvalue weighted by Gasteiger charge is 2.25. The van der Waals surface area contributed by atoms with Crippen molar-refractivity contribution in [1.29, 1.82) is 0 Å². The van der Waals surface area contributed by atoms with Gasteiger partial charge in [0.25, 0.3) is 0 Å². The van der Waals surface area contributed by atoms with Crippen molar-refractivity contribution in [3.8, 4) is 0 Å². The van der Waals surface area contributed by atoms with Crippen molar-refractivity contribution >= 4 is 0 Å². The molecule has 1 heterocycles. The van der Waals surface area contributed by atoms with Crippen LogP contribution in [0.15, 0.2) is 11.6 Å². The molecule has 110 valence electrons.